The summed E-state index contributed by atoms with van der Waals surface area (Å²) in [7, 11) is 0. The van der Waals surface area contributed by atoms with E-state index in [1.165, 1.54) is 0 Å². The molecule has 0 aromatic heterocycles. The Kier molecular flexibility index (Phi) is 21.3. The Morgan fingerprint density at radius 2 is 0.617 bits per heavy atom. The lowest BCUT2D eigenvalue weighted by molar-refractivity contribution is -0.141. The van der Waals surface area contributed by atoms with Gasteiger partial charge in [-0.05, 0) is 199 Å². The zero-order chi connectivity index (χ0) is 82.5. The molecule has 6 heterocycles. The number of esters is 2. The number of benzene rings is 11. The fourth-order valence-electron chi connectivity index (χ4n) is 19.3. The number of rotatable bonds is 28. The van der Waals surface area contributed by atoms with Crippen LogP contribution in [0.5, 0.6) is 57.5 Å². The minimum absolute atomic E-state index is 0.0523. The van der Waals surface area contributed by atoms with E-state index in [0.717, 1.165) is 143 Å². The molecule has 0 spiro atoms. The lowest BCUT2D eigenvalue weighted by Crippen LogP contribution is -2.55. The lowest BCUT2D eigenvalue weighted by Gasteiger charge is -2.38. The third-order valence-corrected chi connectivity index (χ3v) is 25.4. The number of fused-ring (bicyclic) bond motifs is 2. The van der Waals surface area contributed by atoms with Gasteiger partial charge in [-0.2, -0.15) is 0 Å². The Morgan fingerprint density at radius 1 is 0.342 bits per heavy atom. The van der Waals surface area contributed by atoms with Gasteiger partial charge in [-0.1, -0.05) is 146 Å². The summed E-state index contributed by atoms with van der Waals surface area (Å²) in [5.74, 6) is -2.70. The van der Waals surface area contributed by atoms with E-state index in [-0.39, 0.29) is 91.9 Å². The number of carbonyl (C=O) groups is 6. The van der Waals surface area contributed by atoms with Crippen molar-refractivity contribution in [3.05, 3.63) is 223 Å². The topological polar surface area (TPSA) is 221 Å². The Bertz CT molecular complexity index is 5340. The third-order valence-electron chi connectivity index (χ3n) is 25.4. The van der Waals surface area contributed by atoms with Crippen molar-refractivity contribution in [2.75, 3.05) is 52.6 Å². The maximum absolute atomic E-state index is 17.1. The van der Waals surface area contributed by atoms with Gasteiger partial charge in [-0.15, -0.1) is 0 Å². The van der Waals surface area contributed by atoms with Crippen LogP contribution in [0, 0.1) is 67.2 Å². The molecule has 6 atom stereocenters. The minimum atomic E-state index is -1.41. The predicted octanol–water partition coefficient (Wildman–Crippen LogP) is 19.7. The number of nitrogens with zero attached hydrogens (tertiary/aromatic N) is 4. The molecule has 6 unspecified atom stereocenters. The second kappa shape index (κ2) is 32.5. The number of carbonyl (C=O) groups excluding carboxylic acids is 6. The van der Waals surface area contributed by atoms with Gasteiger partial charge in [-0.3, -0.25) is 38.8 Å². The smallest absolute Gasteiger partial charge is 0.335 e. The van der Waals surface area contributed by atoms with Gasteiger partial charge in [0, 0.05) is 82.4 Å². The van der Waals surface area contributed by atoms with Crippen molar-refractivity contribution in [2.45, 2.75) is 182 Å². The van der Waals surface area contributed by atoms with Crippen molar-refractivity contribution in [2.24, 2.45) is 11.8 Å². The number of ether oxygens (including phenoxy) is 10. The molecule has 11 aromatic rings. The summed E-state index contributed by atoms with van der Waals surface area (Å²) in [6, 6.07) is 42.1. The summed E-state index contributed by atoms with van der Waals surface area (Å²) < 4.78 is 66.0. The summed E-state index contributed by atoms with van der Waals surface area (Å²) >= 11 is 0. The van der Waals surface area contributed by atoms with Crippen LogP contribution < -0.4 is 28.4 Å². The van der Waals surface area contributed by atoms with E-state index < -0.39 is 59.5 Å². The predicted molar refractivity (Wildman–Crippen MR) is 456 cm³/mol. The molecule has 11 aromatic carbocycles. The maximum Gasteiger partial charge on any atom is 0.335 e. The highest BCUT2D eigenvalue weighted by Crippen LogP contribution is 2.59. The average Bonchev–Trinajstić information content (AvgIpc) is 1.16. The largest absolute Gasteiger partial charge is 0.456 e. The fraction of sp³-hybridized carbons (Fsp3) is 0.380. The molecule has 2 aliphatic carbocycles. The number of hydrogen-bond donors (Lipinski definition) is 0. The van der Waals surface area contributed by atoms with Crippen LogP contribution in [0.4, 0.5) is 0 Å². The molecule has 616 valence electrons. The number of aryl methyl sites for hydroxylation is 8. The zero-order valence-electron chi connectivity index (χ0n) is 69.4. The van der Waals surface area contributed by atoms with Crippen LogP contribution in [0.3, 0.4) is 0 Å². The fourth-order valence-corrected chi connectivity index (χ4v) is 19.3. The normalized spacial score (nSPS) is 19.6. The molecule has 2 saturated carbocycles. The van der Waals surface area contributed by atoms with Crippen molar-refractivity contribution in [1.29, 1.82) is 0 Å². The second-order valence-electron chi connectivity index (χ2n) is 34.9. The van der Waals surface area contributed by atoms with Crippen molar-refractivity contribution in [3.63, 3.8) is 0 Å². The van der Waals surface area contributed by atoms with Crippen molar-refractivity contribution in [3.8, 4) is 57.5 Å². The Morgan fingerprint density at radius 3 is 0.875 bits per heavy atom. The molecule has 6 aliphatic heterocycles. The van der Waals surface area contributed by atoms with Crippen LogP contribution in [0.1, 0.15) is 174 Å². The summed E-state index contributed by atoms with van der Waals surface area (Å²) in [5.41, 5.74) is 8.92. The highest BCUT2D eigenvalue weighted by atomic mass is 16.6. The van der Waals surface area contributed by atoms with Crippen molar-refractivity contribution in [1.82, 2.24) is 19.6 Å². The Hall–Kier alpha value is -11.1. The van der Waals surface area contributed by atoms with Gasteiger partial charge in [0.15, 0.2) is 0 Å². The monoisotopic (exact) mass is 1610 g/mol. The van der Waals surface area contributed by atoms with Gasteiger partial charge in [0.1, 0.15) is 69.6 Å². The molecular weight excluding hydrogens is 1510 g/mol. The summed E-state index contributed by atoms with van der Waals surface area (Å²) in [5, 5.41) is 2.45. The molecule has 4 saturated heterocycles. The first kappa shape index (κ1) is 78.7. The van der Waals surface area contributed by atoms with E-state index >= 15 is 28.8 Å². The molecule has 6 fully saturated rings. The lowest BCUT2D eigenvalue weighted by atomic mass is 9.79. The molecule has 0 N–H and O–H groups in total. The summed E-state index contributed by atoms with van der Waals surface area (Å²) in [6.07, 6.45) is 9.34. The first-order valence-corrected chi connectivity index (χ1v) is 42.8. The highest BCUT2D eigenvalue weighted by molar-refractivity contribution is 6.45. The third kappa shape index (κ3) is 15.9. The van der Waals surface area contributed by atoms with E-state index in [1.807, 2.05) is 165 Å². The van der Waals surface area contributed by atoms with E-state index in [1.54, 1.807) is 36.4 Å². The maximum atomic E-state index is 17.1. The number of amides is 4. The van der Waals surface area contributed by atoms with Crippen LogP contribution >= 0.6 is 0 Å². The molecule has 20 heteroatoms. The standard InChI is InChI=1S/C100H100N4O16/c1-55-27-31-77(59(5)35-55)117-81-41-73-85-74(96(106)103(95(73)105)93(65-21-13-9-10-14-22-65)99(109)115-67-25-17-19-63(39-67)45-101(47-69-51-111-69)48-70-52-112-70)43-83(119-79-33-29-57(3)37-61(79)7)89-90-84(120-80-34-30-58(4)38-62(80)8)44-76-86-75(42-82(88(92(86)90)87(81)91(85)89)118-78-32-28-56(2)36-60(78)6)97(107)104(98(76)108)94(66-23-15-11-12-16-24-66)100(110)116-68-26-18-20-64(40-68)46-102(49-71-53-113-71)50-72-54-114-72/h17-20,25-44,65-66,69-72,93-94H,9-16,21-24,45-54H2,1-8H3. The number of hydrogen-bond acceptors (Lipinski definition) is 18. The van der Waals surface area contributed by atoms with E-state index in [0.29, 0.717) is 121 Å². The first-order valence-electron chi connectivity index (χ1n) is 42.8. The number of imide groups is 2. The van der Waals surface area contributed by atoms with Crippen LogP contribution in [-0.2, 0) is 41.6 Å². The SMILES string of the molecule is Cc1ccc(Oc2cc3c4c(cc(Oc5ccc(C)cc5C)c5c6c(Oc7ccc(C)cc7C)cc7c8c(cc(Oc9ccc(C)cc9C)c(c2c45)c86)C(=O)N(C(C(=O)Oc2cccc(CN(CC4CO4)CC4CO4)c2)C2CCCCCC2)C7=O)C(=O)N(C(C(=O)Oc2cccc(CN(CC4CO4)CC4CO4)c2)C2CCCCCC2)C3=O)c(C)c1. The van der Waals surface area contributed by atoms with Crippen LogP contribution in [0.2, 0.25) is 0 Å². The molecular formula is C100H100N4O16. The number of epoxide rings is 4. The van der Waals surface area contributed by atoms with Crippen molar-refractivity contribution >= 4 is 78.7 Å². The van der Waals surface area contributed by atoms with Crippen LogP contribution in [0.25, 0.3) is 43.1 Å². The zero-order valence-corrected chi connectivity index (χ0v) is 69.4. The summed E-state index contributed by atoms with van der Waals surface area (Å²) in [6.45, 7) is 22.5. The van der Waals surface area contributed by atoms with Gasteiger partial charge in [-0.25, -0.2) is 9.59 Å². The minimum Gasteiger partial charge on any atom is -0.456 e. The molecule has 19 rings (SSSR count). The highest BCUT2D eigenvalue weighted by Gasteiger charge is 2.50. The molecule has 0 bridgehead atoms. The molecule has 8 aliphatic rings. The first-order chi connectivity index (χ1) is 58.2. The van der Waals surface area contributed by atoms with E-state index in [2.05, 4.69) is 9.80 Å². The molecule has 4 amide bonds. The molecule has 20 nitrogen and oxygen atoms in total. The van der Waals surface area contributed by atoms with Crippen LogP contribution in [0.15, 0.2) is 146 Å². The van der Waals surface area contributed by atoms with Gasteiger partial charge < -0.3 is 47.4 Å². The van der Waals surface area contributed by atoms with Gasteiger partial charge in [0.05, 0.1) is 73.1 Å². The molecule has 120 heavy (non-hydrogen) atoms. The van der Waals surface area contributed by atoms with E-state index in [9.17, 15) is 0 Å². The van der Waals surface area contributed by atoms with Crippen LogP contribution in [-0.4, -0.2) is 144 Å². The Labute approximate surface area is 698 Å². The van der Waals surface area contributed by atoms with Crippen molar-refractivity contribution < 1.29 is 76.1 Å². The Balaban J connectivity index is 0.855. The van der Waals surface area contributed by atoms with Gasteiger partial charge in [0.2, 0.25) is 0 Å². The summed E-state index contributed by atoms with van der Waals surface area (Å²) in [4.78, 5) is 107. The van der Waals surface area contributed by atoms with Gasteiger partial charge >= 0.3 is 11.9 Å². The second-order valence-corrected chi connectivity index (χ2v) is 34.9. The molecule has 0 radical (unpaired) electrons. The van der Waals surface area contributed by atoms with E-state index in [4.69, 9.17) is 47.4 Å². The quantitative estimate of drug-likeness (QED) is 0.00846. The van der Waals surface area contributed by atoms with Gasteiger partial charge in [0.25, 0.3) is 23.6 Å². The average molecular weight is 1610 g/mol.